The van der Waals surface area contributed by atoms with Gasteiger partial charge < -0.3 is 9.64 Å². The van der Waals surface area contributed by atoms with Crippen molar-refractivity contribution in [1.29, 1.82) is 0 Å². The summed E-state index contributed by atoms with van der Waals surface area (Å²) in [5.41, 5.74) is 1.15. The van der Waals surface area contributed by atoms with E-state index in [2.05, 4.69) is 15.0 Å². The van der Waals surface area contributed by atoms with Crippen molar-refractivity contribution >= 4 is 45.0 Å². The Hall–Kier alpha value is -2.29. The van der Waals surface area contributed by atoms with Gasteiger partial charge in [-0.1, -0.05) is 11.3 Å². The van der Waals surface area contributed by atoms with E-state index in [0.717, 1.165) is 16.0 Å². The second kappa shape index (κ2) is 9.59. The Kier molecular flexibility index (Phi) is 7.46. The molecule has 2 aromatic heterocycles. The van der Waals surface area contributed by atoms with Gasteiger partial charge in [-0.15, -0.1) is 12.4 Å². The van der Waals surface area contributed by atoms with E-state index in [1.807, 2.05) is 44.1 Å². The van der Waals surface area contributed by atoms with Crippen molar-refractivity contribution in [1.82, 2.24) is 19.9 Å². The number of halogens is 1. The predicted octanol–water partition coefficient (Wildman–Crippen LogP) is 3.12. The first-order valence-corrected chi connectivity index (χ1v) is 9.16. The highest BCUT2D eigenvalue weighted by Gasteiger charge is 2.22. The van der Waals surface area contributed by atoms with E-state index in [9.17, 15) is 4.79 Å². The standard InChI is InChI=1S/C18H21N5O2S.ClH/c1-4-25-13-5-6-14-16(11-13)26-18(21-14)23(10-9-22(2)3)17(24)15-12-19-7-8-20-15;/h5-8,11-12H,4,9-10H2,1-3H3;1H. The summed E-state index contributed by atoms with van der Waals surface area (Å²) in [5.74, 6) is 0.597. The zero-order valence-electron chi connectivity index (χ0n) is 15.5. The van der Waals surface area contributed by atoms with Crippen molar-refractivity contribution in [3.8, 4) is 5.75 Å². The highest BCUT2D eigenvalue weighted by Crippen LogP contribution is 2.32. The first kappa shape index (κ1) is 21.0. The van der Waals surface area contributed by atoms with E-state index in [0.29, 0.717) is 30.5 Å². The highest BCUT2D eigenvalue weighted by atomic mass is 35.5. The molecule has 0 atom stereocenters. The molecule has 3 aromatic rings. The Labute approximate surface area is 168 Å². The zero-order chi connectivity index (χ0) is 18.5. The molecule has 2 heterocycles. The number of fused-ring (bicyclic) bond motifs is 1. The summed E-state index contributed by atoms with van der Waals surface area (Å²) < 4.78 is 6.53. The van der Waals surface area contributed by atoms with Crippen molar-refractivity contribution in [2.24, 2.45) is 0 Å². The molecule has 7 nitrogen and oxygen atoms in total. The summed E-state index contributed by atoms with van der Waals surface area (Å²) in [6.45, 7) is 3.79. The second-order valence-corrected chi connectivity index (χ2v) is 6.92. The normalized spacial score (nSPS) is 10.7. The summed E-state index contributed by atoms with van der Waals surface area (Å²) >= 11 is 1.47. The molecule has 0 unspecified atom stereocenters. The molecule has 0 saturated carbocycles. The summed E-state index contributed by atoms with van der Waals surface area (Å²) in [6, 6.07) is 5.76. The van der Waals surface area contributed by atoms with Gasteiger partial charge in [0.25, 0.3) is 5.91 Å². The molecule has 0 radical (unpaired) electrons. The fourth-order valence-electron chi connectivity index (χ4n) is 2.40. The Morgan fingerprint density at radius 3 is 2.70 bits per heavy atom. The van der Waals surface area contributed by atoms with E-state index in [1.165, 1.54) is 23.7 Å². The number of hydrogen-bond acceptors (Lipinski definition) is 7. The molecule has 0 N–H and O–H groups in total. The number of anilines is 1. The number of hydrogen-bond donors (Lipinski definition) is 0. The lowest BCUT2D eigenvalue weighted by molar-refractivity contribution is 0.0980. The maximum atomic E-state index is 13.0. The third kappa shape index (κ3) is 5.12. The van der Waals surface area contributed by atoms with Crippen LogP contribution in [0.2, 0.25) is 0 Å². The van der Waals surface area contributed by atoms with Gasteiger partial charge in [0, 0.05) is 25.5 Å². The van der Waals surface area contributed by atoms with Crippen molar-refractivity contribution in [3.63, 3.8) is 0 Å². The molecule has 27 heavy (non-hydrogen) atoms. The largest absolute Gasteiger partial charge is 0.494 e. The number of ether oxygens (including phenoxy) is 1. The summed E-state index contributed by atoms with van der Waals surface area (Å²) in [7, 11) is 3.94. The number of aromatic nitrogens is 3. The minimum absolute atomic E-state index is 0. The lowest BCUT2D eigenvalue weighted by atomic mass is 10.3. The number of thiazole rings is 1. The van der Waals surface area contributed by atoms with Crippen LogP contribution in [0.5, 0.6) is 5.75 Å². The maximum absolute atomic E-state index is 13.0. The smallest absolute Gasteiger partial charge is 0.280 e. The highest BCUT2D eigenvalue weighted by molar-refractivity contribution is 7.22. The van der Waals surface area contributed by atoms with Gasteiger partial charge in [0.05, 0.1) is 23.0 Å². The van der Waals surface area contributed by atoms with Gasteiger partial charge in [-0.25, -0.2) is 9.97 Å². The lowest BCUT2D eigenvalue weighted by Crippen LogP contribution is -2.37. The van der Waals surface area contributed by atoms with Gasteiger partial charge in [0.15, 0.2) is 5.13 Å². The molecule has 0 aliphatic carbocycles. The number of amides is 1. The molecule has 0 spiro atoms. The van der Waals surface area contributed by atoms with Crippen LogP contribution in [0.3, 0.4) is 0 Å². The van der Waals surface area contributed by atoms with Crippen LogP contribution >= 0.6 is 23.7 Å². The van der Waals surface area contributed by atoms with Crippen LogP contribution in [-0.4, -0.2) is 59.6 Å². The Balaban J connectivity index is 0.00000261. The van der Waals surface area contributed by atoms with E-state index in [4.69, 9.17) is 4.74 Å². The Bertz CT molecular complexity index is 888. The molecule has 3 rings (SSSR count). The van der Waals surface area contributed by atoms with Crippen LogP contribution in [0.1, 0.15) is 17.4 Å². The second-order valence-electron chi connectivity index (χ2n) is 5.91. The van der Waals surface area contributed by atoms with Gasteiger partial charge in [0.2, 0.25) is 0 Å². The summed E-state index contributed by atoms with van der Waals surface area (Å²) in [4.78, 5) is 29.4. The van der Waals surface area contributed by atoms with E-state index in [1.54, 1.807) is 11.1 Å². The van der Waals surface area contributed by atoms with Crippen molar-refractivity contribution in [3.05, 3.63) is 42.5 Å². The van der Waals surface area contributed by atoms with Crippen LogP contribution in [0.4, 0.5) is 5.13 Å². The van der Waals surface area contributed by atoms with Gasteiger partial charge in [-0.3, -0.25) is 14.7 Å². The van der Waals surface area contributed by atoms with E-state index >= 15 is 0 Å². The van der Waals surface area contributed by atoms with Gasteiger partial charge >= 0.3 is 0 Å². The molecule has 9 heteroatoms. The number of rotatable bonds is 7. The minimum Gasteiger partial charge on any atom is -0.494 e. The van der Waals surface area contributed by atoms with Crippen LogP contribution in [0.15, 0.2) is 36.8 Å². The van der Waals surface area contributed by atoms with E-state index < -0.39 is 0 Å². The molecule has 1 amide bonds. The molecule has 0 fully saturated rings. The summed E-state index contributed by atoms with van der Waals surface area (Å²) in [5, 5.41) is 0.645. The lowest BCUT2D eigenvalue weighted by Gasteiger charge is -2.21. The molecular weight excluding hydrogens is 386 g/mol. The van der Waals surface area contributed by atoms with Crippen molar-refractivity contribution in [2.45, 2.75) is 6.92 Å². The fraction of sp³-hybridized carbons (Fsp3) is 0.333. The summed E-state index contributed by atoms with van der Waals surface area (Å²) in [6.07, 6.45) is 4.55. The predicted molar refractivity (Wildman–Crippen MR) is 110 cm³/mol. The Morgan fingerprint density at radius 2 is 2.04 bits per heavy atom. The molecule has 0 bridgehead atoms. The molecule has 0 aliphatic heterocycles. The number of carbonyl (C=O) groups is 1. The number of likely N-dealkylation sites (N-methyl/N-ethyl adjacent to an activating group) is 1. The minimum atomic E-state index is -0.205. The molecule has 0 saturated heterocycles. The van der Waals surface area contributed by atoms with Crippen LogP contribution in [0, 0.1) is 0 Å². The first-order valence-electron chi connectivity index (χ1n) is 8.34. The van der Waals surface area contributed by atoms with E-state index in [-0.39, 0.29) is 18.3 Å². The monoisotopic (exact) mass is 407 g/mol. The van der Waals surface area contributed by atoms with Crippen LogP contribution < -0.4 is 9.64 Å². The number of carbonyl (C=O) groups excluding carboxylic acids is 1. The molecule has 144 valence electrons. The average Bonchev–Trinajstić information content (AvgIpc) is 3.05. The van der Waals surface area contributed by atoms with Crippen LogP contribution in [0.25, 0.3) is 10.2 Å². The molecular formula is C18H22ClN5O2S. The van der Waals surface area contributed by atoms with Gasteiger partial charge in [-0.05, 0) is 39.2 Å². The Morgan fingerprint density at radius 1 is 1.22 bits per heavy atom. The fourth-order valence-corrected chi connectivity index (χ4v) is 3.41. The van der Waals surface area contributed by atoms with Gasteiger partial charge in [0.1, 0.15) is 11.4 Å². The van der Waals surface area contributed by atoms with Crippen molar-refractivity contribution in [2.75, 3.05) is 38.7 Å². The number of nitrogens with zero attached hydrogens (tertiary/aromatic N) is 5. The molecule has 1 aromatic carbocycles. The molecule has 0 aliphatic rings. The average molecular weight is 408 g/mol. The third-order valence-electron chi connectivity index (χ3n) is 3.69. The number of benzene rings is 1. The van der Waals surface area contributed by atoms with Crippen LogP contribution in [-0.2, 0) is 0 Å². The zero-order valence-corrected chi connectivity index (χ0v) is 17.1. The topological polar surface area (TPSA) is 71.5 Å². The SMILES string of the molecule is CCOc1ccc2nc(N(CCN(C)C)C(=O)c3cnccn3)sc2c1.Cl. The third-order valence-corrected chi connectivity index (χ3v) is 4.73. The maximum Gasteiger partial charge on any atom is 0.280 e. The first-order chi connectivity index (χ1) is 12.6. The van der Waals surface area contributed by atoms with Gasteiger partial charge in [-0.2, -0.15) is 0 Å². The van der Waals surface area contributed by atoms with Crippen molar-refractivity contribution < 1.29 is 9.53 Å². The quantitative estimate of drug-likeness (QED) is 0.599.